The Kier molecular flexibility index (Phi) is 3.90. The van der Waals surface area contributed by atoms with Gasteiger partial charge < -0.3 is 9.84 Å². The van der Waals surface area contributed by atoms with E-state index in [0.717, 1.165) is 0 Å². The number of aliphatic hydroxyl groups is 1. The molecule has 0 radical (unpaired) electrons. The Morgan fingerprint density at radius 2 is 2.38 bits per heavy atom. The number of ether oxygens (including phenoxy) is 1. The Labute approximate surface area is 83.2 Å². The Bertz CT molecular complexity index is 229. The monoisotopic (exact) mass is 200 g/mol. The first-order valence-electron chi connectivity index (χ1n) is 4.36. The van der Waals surface area contributed by atoms with E-state index in [2.05, 4.69) is 5.38 Å². The fraction of sp³-hybridized carbons (Fsp3) is 0.600. The molecule has 0 aromatic carbocycles. The van der Waals surface area contributed by atoms with Gasteiger partial charge in [0.1, 0.15) is 0 Å². The fourth-order valence-electron chi connectivity index (χ4n) is 1.24. The van der Waals surface area contributed by atoms with E-state index in [1.54, 1.807) is 18.4 Å². The molecule has 2 nitrogen and oxygen atoms in total. The van der Waals surface area contributed by atoms with E-state index in [4.69, 9.17) is 4.74 Å². The van der Waals surface area contributed by atoms with Crippen molar-refractivity contribution in [2.45, 2.75) is 25.4 Å². The molecular weight excluding hydrogens is 184 g/mol. The van der Waals surface area contributed by atoms with E-state index >= 15 is 0 Å². The first-order chi connectivity index (χ1) is 6.14. The summed E-state index contributed by atoms with van der Waals surface area (Å²) >= 11 is 1.66. The summed E-state index contributed by atoms with van der Waals surface area (Å²) in [5.41, 5.74) is 0.558. The lowest BCUT2D eigenvalue weighted by atomic mass is 9.95. The summed E-state index contributed by atoms with van der Waals surface area (Å²) < 4.78 is 4.94. The highest BCUT2D eigenvalue weighted by Gasteiger charge is 2.20. The highest BCUT2D eigenvalue weighted by atomic mass is 32.1. The van der Waals surface area contributed by atoms with Crippen molar-refractivity contribution in [2.24, 2.45) is 0 Å². The minimum atomic E-state index is -0.642. The second-order valence-corrected chi connectivity index (χ2v) is 4.33. The normalized spacial score (nSPS) is 15.6. The summed E-state index contributed by atoms with van der Waals surface area (Å²) in [5.74, 6) is 0. The van der Waals surface area contributed by atoms with E-state index in [0.29, 0.717) is 19.4 Å². The van der Waals surface area contributed by atoms with Crippen molar-refractivity contribution >= 4 is 11.3 Å². The number of hydrogen-bond acceptors (Lipinski definition) is 3. The number of hydrogen-bond donors (Lipinski definition) is 1. The van der Waals surface area contributed by atoms with Crippen molar-refractivity contribution in [3.05, 3.63) is 22.4 Å². The molecule has 1 rings (SSSR count). The zero-order valence-electron chi connectivity index (χ0n) is 8.12. The van der Waals surface area contributed by atoms with Gasteiger partial charge in [-0.2, -0.15) is 11.3 Å². The molecule has 0 aliphatic heterocycles. The Hall–Kier alpha value is -0.380. The van der Waals surface area contributed by atoms with E-state index in [1.165, 1.54) is 5.56 Å². The van der Waals surface area contributed by atoms with E-state index in [9.17, 15) is 5.11 Å². The topological polar surface area (TPSA) is 29.5 Å². The molecule has 0 aliphatic rings. The van der Waals surface area contributed by atoms with Gasteiger partial charge in [0.2, 0.25) is 0 Å². The van der Waals surface area contributed by atoms with Gasteiger partial charge in [-0.15, -0.1) is 0 Å². The summed E-state index contributed by atoms with van der Waals surface area (Å²) in [7, 11) is 1.65. The number of methoxy groups -OCH3 is 1. The van der Waals surface area contributed by atoms with Crippen LogP contribution in [0.4, 0.5) is 0 Å². The maximum absolute atomic E-state index is 9.94. The van der Waals surface area contributed by atoms with Crippen molar-refractivity contribution in [2.75, 3.05) is 13.7 Å². The van der Waals surface area contributed by atoms with Crippen LogP contribution in [0.1, 0.15) is 18.9 Å². The maximum atomic E-state index is 9.94. The van der Waals surface area contributed by atoms with Crippen LogP contribution in [0.5, 0.6) is 0 Å². The second kappa shape index (κ2) is 4.74. The first kappa shape index (κ1) is 10.7. The summed E-state index contributed by atoms with van der Waals surface area (Å²) in [6.45, 7) is 2.46. The van der Waals surface area contributed by atoms with Crippen LogP contribution < -0.4 is 0 Å². The van der Waals surface area contributed by atoms with Crippen molar-refractivity contribution in [3.63, 3.8) is 0 Å². The Morgan fingerprint density at radius 3 is 2.92 bits per heavy atom. The lowest BCUT2D eigenvalue weighted by Crippen LogP contribution is -2.28. The average molecular weight is 200 g/mol. The van der Waals surface area contributed by atoms with Crippen LogP contribution in [-0.4, -0.2) is 24.4 Å². The predicted molar refractivity (Wildman–Crippen MR) is 55.1 cm³/mol. The molecule has 74 valence electrons. The highest BCUT2D eigenvalue weighted by Crippen LogP contribution is 2.18. The molecule has 0 amide bonds. The molecule has 0 fully saturated rings. The summed E-state index contributed by atoms with van der Waals surface area (Å²) in [6.07, 6.45) is 1.39. The lowest BCUT2D eigenvalue weighted by molar-refractivity contribution is 0.0250. The summed E-state index contributed by atoms with van der Waals surface area (Å²) in [4.78, 5) is 0. The largest absolute Gasteiger partial charge is 0.390 e. The van der Waals surface area contributed by atoms with Gasteiger partial charge in [-0.05, 0) is 35.7 Å². The van der Waals surface area contributed by atoms with Crippen LogP contribution in [0, 0.1) is 0 Å². The van der Waals surface area contributed by atoms with Crippen molar-refractivity contribution in [1.29, 1.82) is 0 Å². The third-order valence-corrected chi connectivity index (χ3v) is 2.74. The molecule has 1 N–H and O–H groups in total. The zero-order chi connectivity index (χ0) is 9.73. The van der Waals surface area contributed by atoms with E-state index in [1.807, 2.05) is 18.4 Å². The SMILES string of the molecule is COCCC(C)(O)Cc1ccsc1. The predicted octanol–water partition coefficient (Wildman–Crippen LogP) is 2.08. The molecule has 1 aromatic rings. The zero-order valence-corrected chi connectivity index (χ0v) is 8.93. The van der Waals surface area contributed by atoms with Crippen LogP contribution >= 0.6 is 11.3 Å². The van der Waals surface area contributed by atoms with Gasteiger partial charge >= 0.3 is 0 Å². The van der Waals surface area contributed by atoms with Gasteiger partial charge in [0.15, 0.2) is 0 Å². The van der Waals surface area contributed by atoms with Gasteiger partial charge in [0.25, 0.3) is 0 Å². The molecule has 0 bridgehead atoms. The third-order valence-electron chi connectivity index (χ3n) is 2.01. The molecule has 0 saturated heterocycles. The minimum Gasteiger partial charge on any atom is -0.390 e. The minimum absolute atomic E-state index is 0.608. The van der Waals surface area contributed by atoms with E-state index in [-0.39, 0.29) is 0 Å². The summed E-state index contributed by atoms with van der Waals surface area (Å²) in [5, 5.41) is 14.0. The van der Waals surface area contributed by atoms with Gasteiger partial charge in [-0.1, -0.05) is 0 Å². The fourth-order valence-corrected chi connectivity index (χ4v) is 1.91. The van der Waals surface area contributed by atoms with Crippen LogP contribution in [0.15, 0.2) is 16.8 Å². The van der Waals surface area contributed by atoms with Crippen molar-refractivity contribution in [3.8, 4) is 0 Å². The Balaban J connectivity index is 2.42. The highest BCUT2D eigenvalue weighted by molar-refractivity contribution is 7.07. The standard InChI is InChI=1S/C10H16O2S/c1-10(11,4-5-12-2)7-9-3-6-13-8-9/h3,6,8,11H,4-5,7H2,1-2H3. The molecule has 3 heteroatoms. The molecule has 0 saturated carbocycles. The first-order valence-corrected chi connectivity index (χ1v) is 5.31. The lowest BCUT2D eigenvalue weighted by Gasteiger charge is -2.22. The van der Waals surface area contributed by atoms with Gasteiger partial charge in [0.05, 0.1) is 5.60 Å². The molecule has 1 heterocycles. The van der Waals surface area contributed by atoms with Crippen LogP contribution in [-0.2, 0) is 11.2 Å². The Morgan fingerprint density at radius 1 is 1.62 bits per heavy atom. The molecule has 1 atom stereocenters. The number of rotatable bonds is 5. The molecule has 1 aromatic heterocycles. The molecule has 1 unspecified atom stereocenters. The van der Waals surface area contributed by atoms with Gasteiger partial charge in [-0.25, -0.2) is 0 Å². The van der Waals surface area contributed by atoms with Crippen molar-refractivity contribution in [1.82, 2.24) is 0 Å². The maximum Gasteiger partial charge on any atom is 0.0682 e. The quantitative estimate of drug-likeness (QED) is 0.788. The molecule has 0 spiro atoms. The molecule has 0 aliphatic carbocycles. The van der Waals surface area contributed by atoms with Crippen LogP contribution in [0.2, 0.25) is 0 Å². The second-order valence-electron chi connectivity index (χ2n) is 3.55. The van der Waals surface area contributed by atoms with Crippen molar-refractivity contribution < 1.29 is 9.84 Å². The smallest absolute Gasteiger partial charge is 0.0682 e. The van der Waals surface area contributed by atoms with E-state index < -0.39 is 5.60 Å². The van der Waals surface area contributed by atoms with Gasteiger partial charge in [0, 0.05) is 20.1 Å². The summed E-state index contributed by atoms with van der Waals surface area (Å²) in [6, 6.07) is 2.05. The van der Waals surface area contributed by atoms with Crippen LogP contribution in [0.3, 0.4) is 0 Å². The van der Waals surface area contributed by atoms with Crippen LogP contribution in [0.25, 0.3) is 0 Å². The molecule has 13 heavy (non-hydrogen) atoms. The third kappa shape index (κ3) is 3.89. The molecular formula is C10H16O2S. The average Bonchev–Trinajstić information content (AvgIpc) is 2.52. The van der Waals surface area contributed by atoms with Gasteiger partial charge in [-0.3, -0.25) is 0 Å². The number of thiophene rings is 1.